The van der Waals surface area contributed by atoms with Gasteiger partial charge in [-0.3, -0.25) is 4.79 Å². The zero-order chi connectivity index (χ0) is 18.7. The van der Waals surface area contributed by atoms with Crippen molar-refractivity contribution in [3.8, 4) is 0 Å². The SMILES string of the molecule is Cc1ccccc1C1CN(C(=O)Cc2cccc(C(=O)O)c2)C(C)CO1. The molecule has 1 amide bonds. The highest BCUT2D eigenvalue weighted by Crippen LogP contribution is 2.27. The first-order valence-electron chi connectivity index (χ1n) is 8.74. The number of carbonyl (C=O) groups excluding carboxylic acids is 1. The molecule has 0 saturated carbocycles. The quantitative estimate of drug-likeness (QED) is 0.916. The molecule has 2 aromatic carbocycles. The molecule has 1 saturated heterocycles. The van der Waals surface area contributed by atoms with E-state index in [0.29, 0.717) is 18.7 Å². The highest BCUT2D eigenvalue weighted by atomic mass is 16.5. The summed E-state index contributed by atoms with van der Waals surface area (Å²) in [6, 6.07) is 14.6. The monoisotopic (exact) mass is 353 g/mol. The average molecular weight is 353 g/mol. The molecule has 2 atom stereocenters. The molecule has 0 radical (unpaired) electrons. The van der Waals surface area contributed by atoms with Crippen molar-refractivity contribution in [2.24, 2.45) is 0 Å². The normalized spacial score (nSPS) is 20.0. The molecule has 1 aliphatic rings. The summed E-state index contributed by atoms with van der Waals surface area (Å²) in [5.74, 6) is -0.999. The Morgan fingerprint density at radius 2 is 1.96 bits per heavy atom. The minimum Gasteiger partial charge on any atom is -0.478 e. The van der Waals surface area contributed by atoms with Crippen molar-refractivity contribution in [2.75, 3.05) is 13.2 Å². The van der Waals surface area contributed by atoms with E-state index in [2.05, 4.69) is 0 Å². The summed E-state index contributed by atoms with van der Waals surface area (Å²) in [6.07, 6.45) is 0.0491. The molecule has 26 heavy (non-hydrogen) atoms. The Morgan fingerprint density at radius 1 is 1.19 bits per heavy atom. The van der Waals surface area contributed by atoms with Gasteiger partial charge in [-0.2, -0.15) is 0 Å². The average Bonchev–Trinajstić information content (AvgIpc) is 2.63. The van der Waals surface area contributed by atoms with Crippen molar-refractivity contribution >= 4 is 11.9 Å². The molecule has 1 aliphatic heterocycles. The summed E-state index contributed by atoms with van der Waals surface area (Å²) in [6.45, 7) is 5.00. The van der Waals surface area contributed by atoms with Crippen molar-refractivity contribution in [2.45, 2.75) is 32.4 Å². The molecule has 0 bridgehead atoms. The molecule has 2 aromatic rings. The minimum absolute atomic E-state index is 0.00887. The summed E-state index contributed by atoms with van der Waals surface area (Å²) in [4.78, 5) is 25.8. The molecule has 1 fully saturated rings. The zero-order valence-corrected chi connectivity index (χ0v) is 15.0. The number of nitrogens with zero attached hydrogens (tertiary/aromatic N) is 1. The second kappa shape index (κ2) is 7.70. The van der Waals surface area contributed by atoms with Crippen molar-refractivity contribution in [1.29, 1.82) is 0 Å². The number of amides is 1. The van der Waals surface area contributed by atoms with E-state index >= 15 is 0 Å². The first-order valence-corrected chi connectivity index (χ1v) is 8.74. The molecule has 0 aliphatic carbocycles. The lowest BCUT2D eigenvalue weighted by Crippen LogP contribution is -2.48. The van der Waals surface area contributed by atoms with Gasteiger partial charge in [0, 0.05) is 0 Å². The fourth-order valence-corrected chi connectivity index (χ4v) is 3.33. The van der Waals surface area contributed by atoms with Gasteiger partial charge in [-0.15, -0.1) is 0 Å². The maximum atomic E-state index is 12.8. The van der Waals surface area contributed by atoms with Gasteiger partial charge in [0.2, 0.25) is 5.91 Å². The summed E-state index contributed by atoms with van der Waals surface area (Å²) >= 11 is 0. The molecule has 3 rings (SSSR count). The standard InChI is InChI=1S/C21H23NO4/c1-14-6-3-4-9-18(14)19-12-22(15(2)13-26-19)20(23)11-16-7-5-8-17(10-16)21(24)25/h3-10,15,19H,11-13H2,1-2H3,(H,24,25). The number of hydrogen-bond donors (Lipinski definition) is 1. The zero-order valence-electron chi connectivity index (χ0n) is 15.0. The van der Waals surface area contributed by atoms with Gasteiger partial charge in [0.1, 0.15) is 6.10 Å². The van der Waals surface area contributed by atoms with Gasteiger partial charge >= 0.3 is 5.97 Å². The van der Waals surface area contributed by atoms with Gasteiger partial charge in [0.25, 0.3) is 0 Å². The second-order valence-corrected chi connectivity index (χ2v) is 6.76. The Hall–Kier alpha value is -2.66. The maximum absolute atomic E-state index is 12.8. The maximum Gasteiger partial charge on any atom is 0.335 e. The molecule has 2 unspecified atom stereocenters. The van der Waals surface area contributed by atoms with Crippen LogP contribution < -0.4 is 0 Å². The number of rotatable bonds is 4. The minimum atomic E-state index is -0.987. The third-order valence-electron chi connectivity index (χ3n) is 4.82. The third kappa shape index (κ3) is 3.94. The number of benzene rings is 2. The molecular formula is C21H23NO4. The Kier molecular flexibility index (Phi) is 5.38. The summed E-state index contributed by atoms with van der Waals surface area (Å²) in [7, 11) is 0. The van der Waals surface area contributed by atoms with Crippen LogP contribution in [-0.4, -0.2) is 41.1 Å². The molecule has 0 spiro atoms. The fraction of sp³-hybridized carbons (Fsp3) is 0.333. The number of hydrogen-bond acceptors (Lipinski definition) is 3. The lowest BCUT2D eigenvalue weighted by molar-refractivity contribution is -0.143. The van der Waals surface area contributed by atoms with Crippen molar-refractivity contribution in [3.63, 3.8) is 0 Å². The first-order chi connectivity index (χ1) is 12.5. The van der Waals surface area contributed by atoms with Crippen LogP contribution in [0.1, 0.15) is 40.1 Å². The summed E-state index contributed by atoms with van der Waals surface area (Å²) in [5, 5.41) is 9.11. The first kappa shape index (κ1) is 18.1. The highest BCUT2D eigenvalue weighted by Gasteiger charge is 2.31. The number of carbonyl (C=O) groups is 2. The molecule has 5 heteroatoms. The van der Waals surface area contributed by atoms with Gasteiger partial charge in [-0.25, -0.2) is 4.79 Å². The molecule has 1 N–H and O–H groups in total. The Morgan fingerprint density at radius 3 is 2.69 bits per heavy atom. The molecule has 136 valence electrons. The van der Waals surface area contributed by atoms with Crippen molar-refractivity contribution in [3.05, 3.63) is 70.8 Å². The number of ether oxygens (including phenoxy) is 1. The van der Waals surface area contributed by atoms with Crippen LogP contribution in [0.2, 0.25) is 0 Å². The Balaban J connectivity index is 1.74. The predicted octanol–water partition coefficient (Wildman–Crippen LogP) is 3.22. The van der Waals surface area contributed by atoms with Crippen LogP contribution in [0, 0.1) is 6.92 Å². The molecular weight excluding hydrogens is 330 g/mol. The largest absolute Gasteiger partial charge is 0.478 e. The van der Waals surface area contributed by atoms with Crippen LogP contribution in [0.25, 0.3) is 0 Å². The van der Waals surface area contributed by atoms with E-state index in [1.54, 1.807) is 18.2 Å². The van der Waals surface area contributed by atoms with E-state index in [4.69, 9.17) is 9.84 Å². The smallest absolute Gasteiger partial charge is 0.335 e. The summed E-state index contributed by atoms with van der Waals surface area (Å²) < 4.78 is 5.97. The van der Waals surface area contributed by atoms with Crippen LogP contribution in [0.15, 0.2) is 48.5 Å². The fourth-order valence-electron chi connectivity index (χ4n) is 3.33. The number of morpholine rings is 1. The van der Waals surface area contributed by atoms with Gasteiger partial charge < -0.3 is 14.7 Å². The van der Waals surface area contributed by atoms with E-state index in [9.17, 15) is 9.59 Å². The topological polar surface area (TPSA) is 66.8 Å². The van der Waals surface area contributed by atoms with Crippen molar-refractivity contribution < 1.29 is 19.4 Å². The lowest BCUT2D eigenvalue weighted by atomic mass is 10.0. The van der Waals surface area contributed by atoms with E-state index in [0.717, 1.165) is 11.1 Å². The molecule has 5 nitrogen and oxygen atoms in total. The van der Waals surface area contributed by atoms with Crippen LogP contribution in [-0.2, 0) is 16.0 Å². The van der Waals surface area contributed by atoms with E-state index in [1.165, 1.54) is 6.07 Å². The number of aromatic carboxylic acids is 1. The van der Waals surface area contributed by atoms with E-state index in [1.807, 2.05) is 43.0 Å². The van der Waals surface area contributed by atoms with Gasteiger partial charge in [-0.05, 0) is 42.7 Å². The summed E-state index contributed by atoms with van der Waals surface area (Å²) in [5.41, 5.74) is 3.16. The third-order valence-corrected chi connectivity index (χ3v) is 4.82. The number of carboxylic acids is 1. The van der Waals surface area contributed by atoms with Gasteiger partial charge in [0.15, 0.2) is 0 Å². The van der Waals surface area contributed by atoms with Crippen LogP contribution >= 0.6 is 0 Å². The van der Waals surface area contributed by atoms with E-state index in [-0.39, 0.29) is 30.0 Å². The second-order valence-electron chi connectivity index (χ2n) is 6.76. The Labute approximate surface area is 153 Å². The van der Waals surface area contributed by atoms with Crippen LogP contribution in [0.4, 0.5) is 0 Å². The molecule has 1 heterocycles. The lowest BCUT2D eigenvalue weighted by Gasteiger charge is -2.38. The van der Waals surface area contributed by atoms with Gasteiger partial charge in [0.05, 0.1) is 31.2 Å². The van der Waals surface area contributed by atoms with E-state index < -0.39 is 5.97 Å². The van der Waals surface area contributed by atoms with Gasteiger partial charge in [-0.1, -0.05) is 36.4 Å². The molecule has 0 aromatic heterocycles. The number of carboxylic acid groups (broad SMARTS) is 1. The predicted molar refractivity (Wildman–Crippen MR) is 98.2 cm³/mol. The Bertz CT molecular complexity index is 817. The van der Waals surface area contributed by atoms with Crippen LogP contribution in [0.3, 0.4) is 0 Å². The highest BCUT2D eigenvalue weighted by molar-refractivity contribution is 5.88. The van der Waals surface area contributed by atoms with Crippen molar-refractivity contribution in [1.82, 2.24) is 4.90 Å². The van der Waals surface area contributed by atoms with Crippen LogP contribution in [0.5, 0.6) is 0 Å². The number of aryl methyl sites for hydroxylation is 1.